The summed E-state index contributed by atoms with van der Waals surface area (Å²) in [6.07, 6.45) is 1.89. The zero-order valence-corrected chi connectivity index (χ0v) is 45.4. The van der Waals surface area contributed by atoms with E-state index in [0.29, 0.717) is 11.4 Å². The summed E-state index contributed by atoms with van der Waals surface area (Å²) in [5.41, 5.74) is 18.7. The van der Waals surface area contributed by atoms with Crippen molar-refractivity contribution in [1.82, 2.24) is 14.5 Å². The quantitative estimate of drug-likeness (QED) is 0.162. The summed E-state index contributed by atoms with van der Waals surface area (Å²) in [5.74, 6) is 0.921. The number of aryl methyl sites for hydroxylation is 1. The molecule has 9 aromatic rings. The smallest absolute Gasteiger partial charge is 0.148 e. The molecule has 0 aliphatic carbocycles. The van der Waals surface area contributed by atoms with Crippen molar-refractivity contribution >= 4 is 11.0 Å². The topological polar surface area (TPSA) is 50.9 Å². The van der Waals surface area contributed by atoms with E-state index in [1.807, 2.05) is 6.20 Å². The van der Waals surface area contributed by atoms with Crippen LogP contribution in [0.1, 0.15) is 111 Å². The van der Waals surface area contributed by atoms with Crippen molar-refractivity contribution in [3.8, 4) is 78.6 Å². The Bertz CT molecular complexity index is 3350. The molecule has 0 atom stereocenters. The number of benzene rings is 7. The van der Waals surface area contributed by atoms with Crippen LogP contribution >= 0.6 is 0 Å². The second-order valence-electron chi connectivity index (χ2n) is 23.0. The molecule has 0 spiro atoms. The van der Waals surface area contributed by atoms with Gasteiger partial charge in [-0.1, -0.05) is 215 Å². The molecule has 358 valence electrons. The maximum Gasteiger partial charge on any atom is 0.148 e. The maximum absolute atomic E-state index is 12.7. The number of hydrogen-bond donors (Lipinski definition) is 1. The molecule has 0 radical (unpaired) electrons. The first-order valence-electron chi connectivity index (χ1n) is 24.4. The molecule has 0 bridgehead atoms. The monoisotopic (exact) mass is 1100 g/mol. The number of nitrogens with zero attached hydrogens (tertiary/aromatic N) is 3. The Morgan fingerprint density at radius 3 is 1.71 bits per heavy atom. The van der Waals surface area contributed by atoms with Gasteiger partial charge in [0.05, 0.1) is 22.3 Å². The molecule has 0 fully saturated rings. The molecule has 70 heavy (non-hydrogen) atoms. The van der Waals surface area contributed by atoms with Gasteiger partial charge in [0.1, 0.15) is 11.6 Å². The third-order valence-corrected chi connectivity index (χ3v) is 13.6. The minimum atomic E-state index is -0.343. The molecule has 2 aromatic heterocycles. The van der Waals surface area contributed by atoms with Crippen LogP contribution in [0.15, 0.2) is 158 Å². The van der Waals surface area contributed by atoms with E-state index in [2.05, 4.69) is 252 Å². The van der Waals surface area contributed by atoms with Crippen LogP contribution in [0.25, 0.3) is 83.9 Å². The zero-order valence-electron chi connectivity index (χ0n) is 43.1. The third kappa shape index (κ3) is 9.99. The molecule has 0 aliphatic rings. The Balaban J connectivity index is 0.00000659. The van der Waals surface area contributed by atoms with Crippen LogP contribution in [0, 0.1) is 13.0 Å². The minimum Gasteiger partial charge on any atom is -0.507 e. The van der Waals surface area contributed by atoms with Gasteiger partial charge in [0.2, 0.25) is 0 Å². The molecule has 0 aliphatic heterocycles. The van der Waals surface area contributed by atoms with Crippen LogP contribution in [-0.4, -0.2) is 19.6 Å². The summed E-state index contributed by atoms with van der Waals surface area (Å²) in [7, 11) is 0. The molecule has 1 N–H and O–H groups in total. The van der Waals surface area contributed by atoms with Crippen LogP contribution in [0.5, 0.6) is 5.75 Å². The van der Waals surface area contributed by atoms with Gasteiger partial charge in [-0.3, -0.25) is 9.55 Å². The summed E-state index contributed by atoms with van der Waals surface area (Å²) in [6.45, 7) is 28.9. The Kier molecular flexibility index (Phi) is 13.4. The van der Waals surface area contributed by atoms with Crippen LogP contribution in [0.3, 0.4) is 0 Å². The van der Waals surface area contributed by atoms with Crippen LogP contribution in [0.4, 0.5) is 0 Å². The SMILES string of the molecule is Cc1ccc(-c2ccnc(-c3[c-]c(-c4cccc5c4nc(-c4cc(C(C)(C)C)cc(C(C)(C)C)c4O)n5-c4ccc(C(C)(C)C)cc4-c4ccc(C(C)(C)C)cc4)cc(-c4ccccc4)c3)c2)cc1.[Pt]. The van der Waals surface area contributed by atoms with Crippen molar-refractivity contribution in [2.24, 2.45) is 0 Å². The maximum atomic E-state index is 12.7. The molecule has 2 heterocycles. The summed E-state index contributed by atoms with van der Waals surface area (Å²) in [5, 5.41) is 12.7. The fraction of sp³-hybridized carbons (Fsp3) is 0.262. The number of rotatable bonds is 7. The number of aromatic hydroxyl groups is 1. The summed E-state index contributed by atoms with van der Waals surface area (Å²) in [6, 6.07) is 58.4. The Morgan fingerprint density at radius 1 is 0.471 bits per heavy atom. The molecule has 5 heteroatoms. The summed E-state index contributed by atoms with van der Waals surface area (Å²) in [4.78, 5) is 10.7. The predicted octanol–water partition coefficient (Wildman–Crippen LogP) is 17.4. The van der Waals surface area contributed by atoms with Gasteiger partial charge in [0.15, 0.2) is 0 Å². The largest absolute Gasteiger partial charge is 0.507 e. The number of para-hydroxylation sites is 1. The minimum absolute atomic E-state index is 0. The average Bonchev–Trinajstić information content (AvgIpc) is 3.70. The van der Waals surface area contributed by atoms with Crippen molar-refractivity contribution < 1.29 is 26.2 Å². The Labute approximate surface area is 431 Å². The third-order valence-electron chi connectivity index (χ3n) is 13.6. The number of aromatic nitrogens is 3. The van der Waals surface area contributed by atoms with Crippen LogP contribution in [0.2, 0.25) is 0 Å². The predicted molar refractivity (Wildman–Crippen MR) is 292 cm³/mol. The molecule has 0 amide bonds. The molecule has 0 unspecified atom stereocenters. The number of imidazole rings is 1. The molecule has 9 rings (SSSR count). The van der Waals surface area contributed by atoms with Crippen LogP contribution < -0.4 is 0 Å². The summed E-state index contributed by atoms with van der Waals surface area (Å²) >= 11 is 0. The van der Waals surface area contributed by atoms with E-state index >= 15 is 0 Å². The second kappa shape index (κ2) is 18.8. The number of phenolic OH excluding ortho intramolecular Hbond substituents is 1. The van der Waals surface area contributed by atoms with Gasteiger partial charge in [0, 0.05) is 44.1 Å². The molecule has 0 saturated heterocycles. The van der Waals surface area contributed by atoms with Gasteiger partial charge < -0.3 is 5.11 Å². The first kappa shape index (κ1) is 50.0. The van der Waals surface area contributed by atoms with Gasteiger partial charge in [-0.25, -0.2) is 4.98 Å². The standard InChI is InChI=1S/C65H66N3O.Pt/c1-41-22-24-43(25-23-41)45-32-33-66-56(37-45)48-35-46(42-18-15-14-16-19-42)34-47(36-48)52-20-17-21-58-59(52)67-61(54-39-51(64(8,9)10)40-55(60(54)69)65(11,12)13)68(58)57-31-30-50(63(5,6)7)38-53(57)44-26-28-49(29-27-44)62(2,3)4;/h14-35,37-40,69H,1-13H3;/q-1;. The fourth-order valence-electron chi connectivity index (χ4n) is 9.28. The van der Waals surface area contributed by atoms with Crippen molar-refractivity contribution in [1.29, 1.82) is 0 Å². The van der Waals surface area contributed by atoms with Crippen LogP contribution in [-0.2, 0) is 42.7 Å². The van der Waals surface area contributed by atoms with Crippen molar-refractivity contribution in [2.45, 2.75) is 112 Å². The van der Waals surface area contributed by atoms with Gasteiger partial charge in [-0.15, -0.1) is 23.8 Å². The van der Waals surface area contributed by atoms with Crippen molar-refractivity contribution in [3.05, 3.63) is 192 Å². The molecule has 7 aromatic carbocycles. The first-order chi connectivity index (χ1) is 32.5. The van der Waals surface area contributed by atoms with E-state index in [1.54, 1.807) is 0 Å². The normalized spacial score (nSPS) is 12.3. The van der Waals surface area contributed by atoms with E-state index in [-0.39, 0.29) is 48.5 Å². The van der Waals surface area contributed by atoms with Gasteiger partial charge in [0.25, 0.3) is 0 Å². The number of phenols is 1. The van der Waals surface area contributed by atoms with E-state index < -0.39 is 0 Å². The Hall–Kier alpha value is -6.35. The molecular formula is C65H66N3OPt-. The average molecular weight is 1100 g/mol. The fourth-order valence-corrected chi connectivity index (χ4v) is 9.28. The van der Waals surface area contributed by atoms with Crippen molar-refractivity contribution in [2.75, 3.05) is 0 Å². The van der Waals surface area contributed by atoms with Gasteiger partial charge in [-0.2, -0.15) is 0 Å². The van der Waals surface area contributed by atoms with E-state index in [4.69, 9.17) is 9.97 Å². The molecular weight excluding hydrogens is 1030 g/mol. The number of hydrogen-bond acceptors (Lipinski definition) is 3. The van der Waals surface area contributed by atoms with Crippen molar-refractivity contribution in [3.63, 3.8) is 0 Å². The molecule has 0 saturated carbocycles. The number of fused-ring (bicyclic) bond motifs is 1. The number of pyridine rings is 1. The second-order valence-corrected chi connectivity index (χ2v) is 23.0. The van der Waals surface area contributed by atoms with E-state index in [9.17, 15) is 5.11 Å². The first-order valence-corrected chi connectivity index (χ1v) is 24.4. The Morgan fingerprint density at radius 2 is 1.07 bits per heavy atom. The summed E-state index contributed by atoms with van der Waals surface area (Å²) < 4.78 is 2.29. The van der Waals surface area contributed by atoms with Gasteiger partial charge in [-0.05, 0) is 97.9 Å². The van der Waals surface area contributed by atoms with Gasteiger partial charge >= 0.3 is 0 Å². The van der Waals surface area contributed by atoms with E-state index in [0.717, 1.165) is 83.6 Å². The zero-order chi connectivity index (χ0) is 49.2. The van der Waals surface area contributed by atoms with E-state index in [1.165, 1.54) is 16.7 Å². The molecule has 4 nitrogen and oxygen atoms in total.